The minimum Gasteiger partial charge on any atom is -0.367 e. The average Bonchev–Trinajstić information content (AvgIpc) is 2.24. The van der Waals surface area contributed by atoms with Crippen LogP contribution in [0, 0.1) is 23.7 Å². The highest BCUT2D eigenvalue weighted by Gasteiger charge is 2.30. The van der Waals surface area contributed by atoms with Gasteiger partial charge in [-0.25, -0.2) is 0 Å². The SMILES string of the molecule is C#CCCCC[C@H]1OC[C@H](C(C)(C)C)CS1. The molecule has 0 aliphatic carbocycles. The van der Waals surface area contributed by atoms with Gasteiger partial charge in [0.15, 0.2) is 0 Å². The molecule has 16 heavy (non-hydrogen) atoms. The Kier molecular flexibility index (Phi) is 5.72. The Morgan fingerprint density at radius 3 is 2.62 bits per heavy atom. The van der Waals surface area contributed by atoms with E-state index in [-0.39, 0.29) is 0 Å². The normalized spacial score (nSPS) is 26.4. The van der Waals surface area contributed by atoms with E-state index in [1.165, 1.54) is 12.2 Å². The van der Waals surface area contributed by atoms with Crippen LogP contribution in [0.2, 0.25) is 0 Å². The van der Waals surface area contributed by atoms with Gasteiger partial charge in [0.05, 0.1) is 6.61 Å². The van der Waals surface area contributed by atoms with Gasteiger partial charge in [0.1, 0.15) is 5.44 Å². The number of ether oxygens (including phenoxy) is 1. The van der Waals surface area contributed by atoms with Crippen LogP contribution < -0.4 is 0 Å². The molecule has 0 N–H and O–H groups in total. The van der Waals surface area contributed by atoms with Crippen LogP contribution in [0.3, 0.4) is 0 Å². The van der Waals surface area contributed by atoms with Crippen molar-refractivity contribution in [2.75, 3.05) is 12.4 Å². The lowest BCUT2D eigenvalue weighted by atomic mass is 9.82. The Labute approximate surface area is 105 Å². The summed E-state index contributed by atoms with van der Waals surface area (Å²) < 4.78 is 5.91. The van der Waals surface area contributed by atoms with E-state index in [1.54, 1.807) is 0 Å². The first-order valence-corrected chi connectivity index (χ1v) is 7.25. The van der Waals surface area contributed by atoms with Crippen LogP contribution in [0.25, 0.3) is 0 Å². The molecule has 0 aromatic heterocycles. The summed E-state index contributed by atoms with van der Waals surface area (Å²) in [6, 6.07) is 0. The summed E-state index contributed by atoms with van der Waals surface area (Å²) in [5, 5.41) is 0. The number of hydrogen-bond acceptors (Lipinski definition) is 2. The number of terminal acetylenes is 1. The van der Waals surface area contributed by atoms with Crippen molar-refractivity contribution in [1.29, 1.82) is 0 Å². The van der Waals surface area contributed by atoms with E-state index in [2.05, 4.69) is 26.7 Å². The van der Waals surface area contributed by atoms with Gasteiger partial charge in [-0.3, -0.25) is 0 Å². The molecule has 0 amide bonds. The average molecular weight is 240 g/mol. The van der Waals surface area contributed by atoms with E-state index in [4.69, 9.17) is 11.2 Å². The van der Waals surface area contributed by atoms with Crippen LogP contribution in [-0.4, -0.2) is 17.8 Å². The molecule has 92 valence electrons. The summed E-state index contributed by atoms with van der Waals surface area (Å²) in [7, 11) is 0. The van der Waals surface area contributed by atoms with Crippen molar-refractivity contribution in [1.82, 2.24) is 0 Å². The van der Waals surface area contributed by atoms with Crippen LogP contribution in [0.4, 0.5) is 0 Å². The molecule has 1 aliphatic rings. The van der Waals surface area contributed by atoms with Crippen molar-refractivity contribution in [2.24, 2.45) is 11.3 Å². The van der Waals surface area contributed by atoms with E-state index >= 15 is 0 Å². The summed E-state index contributed by atoms with van der Waals surface area (Å²) >= 11 is 1.98. The summed E-state index contributed by atoms with van der Waals surface area (Å²) in [6.45, 7) is 7.83. The summed E-state index contributed by atoms with van der Waals surface area (Å²) in [4.78, 5) is 0. The van der Waals surface area contributed by atoms with Gasteiger partial charge in [-0.15, -0.1) is 24.1 Å². The minimum atomic E-state index is 0.376. The molecular weight excluding hydrogens is 216 g/mol. The molecule has 1 heterocycles. The predicted molar refractivity (Wildman–Crippen MR) is 72.4 cm³/mol. The molecule has 0 spiro atoms. The van der Waals surface area contributed by atoms with Crippen LogP contribution in [0.5, 0.6) is 0 Å². The molecule has 0 saturated carbocycles. The van der Waals surface area contributed by atoms with Gasteiger partial charge < -0.3 is 4.74 Å². The van der Waals surface area contributed by atoms with Gasteiger partial charge in [-0.2, -0.15) is 0 Å². The van der Waals surface area contributed by atoms with Gasteiger partial charge in [0.25, 0.3) is 0 Å². The Morgan fingerprint density at radius 1 is 1.38 bits per heavy atom. The smallest absolute Gasteiger partial charge is 0.103 e. The fourth-order valence-corrected chi connectivity index (χ4v) is 3.30. The third-order valence-corrected chi connectivity index (χ3v) is 4.54. The largest absolute Gasteiger partial charge is 0.367 e. The first kappa shape index (κ1) is 13.9. The van der Waals surface area contributed by atoms with Gasteiger partial charge >= 0.3 is 0 Å². The zero-order valence-corrected chi connectivity index (χ0v) is 11.6. The van der Waals surface area contributed by atoms with Crippen LogP contribution >= 0.6 is 11.8 Å². The summed E-state index contributed by atoms with van der Waals surface area (Å²) in [5.41, 5.74) is 0.790. The summed E-state index contributed by atoms with van der Waals surface area (Å²) in [6.07, 6.45) is 9.62. The van der Waals surface area contributed by atoms with Gasteiger partial charge in [0.2, 0.25) is 0 Å². The fraction of sp³-hybridized carbons (Fsp3) is 0.857. The quantitative estimate of drug-likeness (QED) is 0.544. The van der Waals surface area contributed by atoms with Gasteiger partial charge in [0, 0.05) is 12.2 Å². The molecular formula is C14H24OS. The standard InChI is InChI=1S/C14H24OS/c1-5-6-7-8-9-13-15-10-12(11-16-13)14(2,3)4/h1,12-13H,6-11H2,2-4H3/t12-,13-/m0/s1. The summed E-state index contributed by atoms with van der Waals surface area (Å²) in [5.74, 6) is 4.62. The molecule has 0 aromatic rings. The zero-order chi connectivity index (χ0) is 12.0. The molecule has 1 rings (SSSR count). The highest BCUT2D eigenvalue weighted by atomic mass is 32.2. The third-order valence-electron chi connectivity index (χ3n) is 3.20. The molecule has 0 aromatic carbocycles. The molecule has 0 bridgehead atoms. The van der Waals surface area contributed by atoms with E-state index in [0.29, 0.717) is 16.8 Å². The first-order chi connectivity index (χ1) is 7.54. The van der Waals surface area contributed by atoms with E-state index in [1.807, 2.05) is 11.8 Å². The molecule has 1 aliphatic heterocycles. The van der Waals surface area contributed by atoms with Gasteiger partial charge in [-0.05, 0) is 30.6 Å². The van der Waals surface area contributed by atoms with Crippen molar-refractivity contribution in [3.8, 4) is 12.3 Å². The Hall–Kier alpha value is -0.130. The number of hydrogen-bond donors (Lipinski definition) is 0. The van der Waals surface area contributed by atoms with Crippen molar-refractivity contribution >= 4 is 11.8 Å². The zero-order valence-electron chi connectivity index (χ0n) is 10.8. The lowest BCUT2D eigenvalue weighted by Crippen LogP contribution is -2.33. The maximum absolute atomic E-state index is 5.91. The van der Waals surface area contributed by atoms with Crippen molar-refractivity contribution in [2.45, 2.75) is 51.9 Å². The lowest BCUT2D eigenvalue weighted by Gasteiger charge is -2.36. The predicted octanol–water partition coefficient (Wildman–Crippen LogP) is 3.93. The highest BCUT2D eigenvalue weighted by molar-refractivity contribution is 7.99. The molecule has 0 unspecified atom stereocenters. The van der Waals surface area contributed by atoms with Crippen molar-refractivity contribution < 1.29 is 4.74 Å². The number of unbranched alkanes of at least 4 members (excludes halogenated alkanes) is 2. The van der Waals surface area contributed by atoms with E-state index < -0.39 is 0 Å². The van der Waals surface area contributed by atoms with Crippen LogP contribution in [0.1, 0.15) is 46.5 Å². The molecule has 1 fully saturated rings. The Bertz CT molecular complexity index is 228. The Morgan fingerprint density at radius 2 is 2.12 bits per heavy atom. The first-order valence-electron chi connectivity index (χ1n) is 6.20. The van der Waals surface area contributed by atoms with Crippen molar-refractivity contribution in [3.63, 3.8) is 0 Å². The van der Waals surface area contributed by atoms with Crippen LogP contribution in [-0.2, 0) is 4.74 Å². The molecule has 2 heteroatoms. The monoisotopic (exact) mass is 240 g/mol. The molecule has 1 saturated heterocycles. The highest BCUT2D eigenvalue weighted by Crippen LogP contribution is 2.36. The second kappa shape index (κ2) is 6.57. The molecule has 1 nitrogen and oxygen atoms in total. The topological polar surface area (TPSA) is 9.23 Å². The third kappa shape index (κ3) is 4.80. The number of thioether (sulfide) groups is 1. The van der Waals surface area contributed by atoms with E-state index in [9.17, 15) is 0 Å². The molecule has 2 atom stereocenters. The van der Waals surface area contributed by atoms with Crippen molar-refractivity contribution in [3.05, 3.63) is 0 Å². The second-order valence-corrected chi connectivity index (χ2v) is 6.80. The maximum atomic E-state index is 5.91. The second-order valence-electron chi connectivity index (χ2n) is 5.61. The maximum Gasteiger partial charge on any atom is 0.103 e. The molecule has 0 radical (unpaired) electrons. The van der Waals surface area contributed by atoms with E-state index in [0.717, 1.165) is 25.9 Å². The van der Waals surface area contributed by atoms with Crippen LogP contribution in [0.15, 0.2) is 0 Å². The minimum absolute atomic E-state index is 0.376. The van der Waals surface area contributed by atoms with Gasteiger partial charge in [-0.1, -0.05) is 20.8 Å². The number of rotatable bonds is 4. The fourth-order valence-electron chi connectivity index (χ4n) is 1.75. The Balaban J connectivity index is 2.15. The lowest BCUT2D eigenvalue weighted by molar-refractivity contribution is 0.0359.